The molecule has 2 heteroatoms. The number of aliphatic hydroxyl groups is 1. The monoisotopic (exact) mass is 241 g/mol. The molecule has 1 aromatic heterocycles. The van der Waals surface area contributed by atoms with Crippen molar-refractivity contribution >= 4 is 10.9 Å². The minimum absolute atomic E-state index is 0.641. The quantitative estimate of drug-likeness (QED) is 0.827. The van der Waals surface area contributed by atoms with Gasteiger partial charge < -0.3 is 5.11 Å². The average Bonchev–Trinajstić information content (AvgIpc) is 2.42. The van der Waals surface area contributed by atoms with Gasteiger partial charge in [0.15, 0.2) is 0 Å². The zero-order valence-corrected chi connectivity index (χ0v) is 10.8. The molecule has 0 spiro atoms. The predicted octanol–water partition coefficient (Wildman–Crippen LogP) is 3.63. The molecule has 1 aliphatic rings. The van der Waals surface area contributed by atoms with Crippen molar-refractivity contribution in [3.8, 4) is 0 Å². The molecule has 1 saturated carbocycles. The highest BCUT2D eigenvalue weighted by Crippen LogP contribution is 2.39. The number of rotatable bonds is 1. The summed E-state index contributed by atoms with van der Waals surface area (Å²) in [6.07, 6.45) is 5.76. The Hall–Kier alpha value is -1.41. The van der Waals surface area contributed by atoms with Gasteiger partial charge in [0.25, 0.3) is 0 Å². The van der Waals surface area contributed by atoms with Gasteiger partial charge in [-0.05, 0) is 49.3 Å². The zero-order valence-electron chi connectivity index (χ0n) is 10.8. The van der Waals surface area contributed by atoms with Crippen LogP contribution in [0.5, 0.6) is 0 Å². The topological polar surface area (TPSA) is 33.1 Å². The van der Waals surface area contributed by atoms with E-state index in [0.29, 0.717) is 0 Å². The molecule has 0 saturated heterocycles. The summed E-state index contributed by atoms with van der Waals surface area (Å²) in [5.74, 6) is 0.740. The van der Waals surface area contributed by atoms with Gasteiger partial charge in [-0.25, -0.2) is 0 Å². The van der Waals surface area contributed by atoms with Crippen molar-refractivity contribution in [2.24, 2.45) is 5.92 Å². The first-order valence-corrected chi connectivity index (χ1v) is 6.75. The molecule has 0 unspecified atom stereocenters. The fourth-order valence-electron chi connectivity index (χ4n) is 2.88. The van der Waals surface area contributed by atoms with Crippen LogP contribution in [0, 0.1) is 5.92 Å². The van der Waals surface area contributed by atoms with Crippen molar-refractivity contribution in [1.82, 2.24) is 4.98 Å². The molecular weight excluding hydrogens is 222 g/mol. The highest BCUT2D eigenvalue weighted by atomic mass is 16.3. The van der Waals surface area contributed by atoms with Crippen LogP contribution in [-0.4, -0.2) is 10.1 Å². The minimum Gasteiger partial charge on any atom is -0.385 e. The number of hydrogen-bond acceptors (Lipinski definition) is 2. The molecule has 2 nitrogen and oxygen atoms in total. The van der Waals surface area contributed by atoms with Crippen LogP contribution in [0.15, 0.2) is 36.5 Å². The molecule has 1 heterocycles. The summed E-state index contributed by atoms with van der Waals surface area (Å²) >= 11 is 0. The molecular formula is C16H19NO. The molecule has 18 heavy (non-hydrogen) atoms. The third-order valence-corrected chi connectivity index (χ3v) is 4.24. The first-order valence-electron chi connectivity index (χ1n) is 6.75. The molecule has 0 bridgehead atoms. The lowest BCUT2D eigenvalue weighted by atomic mass is 9.76. The smallest absolute Gasteiger partial charge is 0.0897 e. The Morgan fingerprint density at radius 3 is 2.78 bits per heavy atom. The van der Waals surface area contributed by atoms with Crippen molar-refractivity contribution in [3.63, 3.8) is 0 Å². The van der Waals surface area contributed by atoms with E-state index in [1.165, 1.54) is 0 Å². The lowest BCUT2D eigenvalue weighted by Gasteiger charge is -2.35. The van der Waals surface area contributed by atoms with Crippen LogP contribution in [0.2, 0.25) is 0 Å². The predicted molar refractivity (Wildman–Crippen MR) is 73.3 cm³/mol. The molecule has 0 amide bonds. The zero-order chi connectivity index (χ0) is 12.6. The van der Waals surface area contributed by atoms with Crippen LogP contribution >= 0.6 is 0 Å². The summed E-state index contributed by atoms with van der Waals surface area (Å²) in [5, 5.41) is 11.9. The van der Waals surface area contributed by atoms with Gasteiger partial charge in [-0.15, -0.1) is 0 Å². The van der Waals surface area contributed by atoms with Crippen LogP contribution in [0.3, 0.4) is 0 Å². The molecule has 1 aliphatic carbocycles. The van der Waals surface area contributed by atoms with Gasteiger partial charge in [0.05, 0.1) is 11.1 Å². The fraction of sp³-hybridized carbons (Fsp3) is 0.438. The molecule has 3 rings (SSSR count). The third-order valence-electron chi connectivity index (χ3n) is 4.24. The maximum atomic E-state index is 10.8. The van der Waals surface area contributed by atoms with Gasteiger partial charge in [0.1, 0.15) is 0 Å². The maximum absolute atomic E-state index is 10.8. The average molecular weight is 241 g/mol. The third kappa shape index (κ3) is 2.01. The summed E-state index contributed by atoms with van der Waals surface area (Å²) in [7, 11) is 0. The summed E-state index contributed by atoms with van der Waals surface area (Å²) in [4.78, 5) is 4.37. The Balaban J connectivity index is 1.98. The van der Waals surface area contributed by atoms with Gasteiger partial charge in [-0.3, -0.25) is 4.98 Å². The Morgan fingerprint density at radius 1 is 1.22 bits per heavy atom. The van der Waals surface area contributed by atoms with Crippen molar-refractivity contribution in [1.29, 1.82) is 0 Å². The van der Waals surface area contributed by atoms with Crippen LogP contribution in [0.4, 0.5) is 0 Å². The van der Waals surface area contributed by atoms with E-state index in [1.807, 2.05) is 12.1 Å². The van der Waals surface area contributed by atoms with E-state index in [1.54, 1.807) is 6.20 Å². The molecule has 0 atom stereocenters. The molecule has 1 aromatic carbocycles. The highest BCUT2D eigenvalue weighted by molar-refractivity contribution is 5.79. The maximum Gasteiger partial charge on any atom is 0.0897 e. The Kier molecular flexibility index (Phi) is 2.83. The lowest BCUT2D eigenvalue weighted by molar-refractivity contribution is -0.0119. The molecule has 1 N–H and O–H groups in total. The number of benzene rings is 1. The molecule has 0 radical (unpaired) electrons. The normalized spacial score (nSPS) is 28.4. The van der Waals surface area contributed by atoms with Gasteiger partial charge in [-0.2, -0.15) is 0 Å². The van der Waals surface area contributed by atoms with Gasteiger partial charge in [-0.1, -0.05) is 25.1 Å². The number of pyridine rings is 1. The first kappa shape index (κ1) is 11.7. The highest BCUT2D eigenvalue weighted by Gasteiger charge is 2.33. The van der Waals surface area contributed by atoms with E-state index in [2.05, 4.69) is 30.1 Å². The van der Waals surface area contributed by atoms with E-state index in [-0.39, 0.29) is 0 Å². The summed E-state index contributed by atoms with van der Waals surface area (Å²) in [6, 6.07) is 10.2. The Labute approximate surface area is 108 Å². The number of nitrogens with zero attached hydrogens (tertiary/aromatic N) is 1. The Morgan fingerprint density at radius 2 is 2.00 bits per heavy atom. The molecule has 0 aliphatic heterocycles. The SMILES string of the molecule is CC1CCC(O)(c2ccc3cccnc3c2)CC1. The van der Waals surface area contributed by atoms with Crippen LogP contribution in [0.25, 0.3) is 10.9 Å². The molecule has 94 valence electrons. The largest absolute Gasteiger partial charge is 0.385 e. The van der Waals surface area contributed by atoms with Crippen LogP contribution in [-0.2, 0) is 5.60 Å². The van der Waals surface area contributed by atoms with Gasteiger partial charge in [0.2, 0.25) is 0 Å². The first-order chi connectivity index (χ1) is 8.67. The second kappa shape index (κ2) is 4.36. The summed E-state index contributed by atoms with van der Waals surface area (Å²) < 4.78 is 0. The van der Waals surface area contributed by atoms with Crippen molar-refractivity contribution < 1.29 is 5.11 Å². The Bertz CT molecular complexity index is 556. The summed E-state index contributed by atoms with van der Waals surface area (Å²) in [5.41, 5.74) is 1.36. The molecule has 2 aromatic rings. The lowest BCUT2D eigenvalue weighted by Crippen LogP contribution is -2.30. The van der Waals surface area contributed by atoms with E-state index in [4.69, 9.17) is 0 Å². The van der Waals surface area contributed by atoms with E-state index >= 15 is 0 Å². The van der Waals surface area contributed by atoms with Crippen LogP contribution in [0.1, 0.15) is 38.2 Å². The van der Waals surface area contributed by atoms with E-state index in [0.717, 1.165) is 48.1 Å². The number of aromatic nitrogens is 1. The van der Waals surface area contributed by atoms with Gasteiger partial charge >= 0.3 is 0 Å². The van der Waals surface area contributed by atoms with Crippen LogP contribution < -0.4 is 0 Å². The second-order valence-corrected chi connectivity index (χ2v) is 5.62. The van der Waals surface area contributed by atoms with E-state index < -0.39 is 5.60 Å². The van der Waals surface area contributed by atoms with Crippen molar-refractivity contribution in [2.75, 3.05) is 0 Å². The van der Waals surface area contributed by atoms with Crippen molar-refractivity contribution in [2.45, 2.75) is 38.2 Å². The second-order valence-electron chi connectivity index (χ2n) is 5.62. The fourth-order valence-corrected chi connectivity index (χ4v) is 2.88. The van der Waals surface area contributed by atoms with Crippen molar-refractivity contribution in [3.05, 3.63) is 42.1 Å². The van der Waals surface area contributed by atoms with E-state index in [9.17, 15) is 5.11 Å². The standard InChI is InChI=1S/C16H19NO/c1-12-6-8-16(18,9-7-12)14-5-4-13-3-2-10-17-15(13)11-14/h2-5,10-12,18H,6-9H2,1H3. The number of hydrogen-bond donors (Lipinski definition) is 1. The van der Waals surface area contributed by atoms with Gasteiger partial charge in [0, 0.05) is 11.6 Å². The number of fused-ring (bicyclic) bond motifs is 1. The molecule has 1 fully saturated rings. The summed E-state index contributed by atoms with van der Waals surface area (Å²) in [6.45, 7) is 2.27. The minimum atomic E-state index is -0.641.